The first-order valence-corrected chi connectivity index (χ1v) is 13.5. The number of carboxylic acid groups (broad SMARTS) is 1. The van der Waals surface area contributed by atoms with Crippen LogP contribution in [0.25, 0.3) is 16.5 Å². The number of carbonyl (C=O) groups is 2. The Kier molecular flexibility index (Phi) is 7.89. The van der Waals surface area contributed by atoms with Crippen molar-refractivity contribution in [2.45, 2.75) is 38.8 Å². The average molecular weight is 524 g/mol. The highest BCUT2D eigenvalue weighted by molar-refractivity contribution is 6.08. The molecule has 7 nitrogen and oxygen atoms in total. The number of para-hydroxylation sites is 1. The third-order valence-corrected chi connectivity index (χ3v) is 7.66. The fourth-order valence-electron chi connectivity index (χ4n) is 5.54. The van der Waals surface area contributed by atoms with Crippen molar-refractivity contribution in [1.82, 2.24) is 14.8 Å². The number of piperidine rings is 1. The van der Waals surface area contributed by atoms with E-state index in [0.29, 0.717) is 66.6 Å². The largest absolute Gasteiger partial charge is 0.481 e. The Balaban J connectivity index is 1.65. The molecule has 2 N–H and O–H groups in total. The van der Waals surface area contributed by atoms with E-state index in [9.17, 15) is 19.5 Å². The molecule has 200 valence electrons. The van der Waals surface area contributed by atoms with Crippen LogP contribution in [0.1, 0.15) is 53.8 Å². The number of carbonyl (C=O) groups excluding carboxylic acids is 1. The van der Waals surface area contributed by atoms with E-state index in [4.69, 9.17) is 0 Å². The summed E-state index contributed by atoms with van der Waals surface area (Å²) in [6.45, 7) is 3.55. The van der Waals surface area contributed by atoms with Crippen LogP contribution in [0.3, 0.4) is 0 Å². The summed E-state index contributed by atoms with van der Waals surface area (Å²) >= 11 is 0. The Morgan fingerprint density at radius 2 is 1.49 bits per heavy atom. The number of nitrogens with one attached hydrogen (secondary N) is 1. The van der Waals surface area contributed by atoms with Crippen LogP contribution in [-0.2, 0) is 11.3 Å². The lowest BCUT2D eigenvalue weighted by atomic mass is 9.96. The van der Waals surface area contributed by atoms with E-state index >= 15 is 0 Å². The highest BCUT2D eigenvalue weighted by Gasteiger charge is 2.29. The topological polar surface area (TPSA) is 91.6 Å². The lowest BCUT2D eigenvalue weighted by Crippen LogP contribution is -2.39. The second kappa shape index (κ2) is 11.7. The van der Waals surface area contributed by atoms with Crippen molar-refractivity contribution in [3.8, 4) is 5.69 Å². The van der Waals surface area contributed by atoms with Gasteiger partial charge >= 0.3 is 5.97 Å². The number of carboxylic acids is 1. The van der Waals surface area contributed by atoms with Crippen molar-refractivity contribution in [3.63, 3.8) is 0 Å². The molecule has 3 aromatic carbocycles. The number of hydrogen-bond acceptors (Lipinski definition) is 4. The number of aliphatic carboxylic acids is 1. The minimum absolute atomic E-state index is 0.182. The zero-order chi connectivity index (χ0) is 27.4. The van der Waals surface area contributed by atoms with Crippen molar-refractivity contribution in [1.29, 1.82) is 0 Å². The Labute approximate surface area is 227 Å². The first-order chi connectivity index (χ1) is 19.0. The number of nitrogens with zero attached hydrogens (tertiary/aromatic N) is 2. The summed E-state index contributed by atoms with van der Waals surface area (Å²) < 4.78 is 1.66. The molecule has 1 atom stereocenters. The second-order valence-corrected chi connectivity index (χ2v) is 10.1. The van der Waals surface area contributed by atoms with Gasteiger partial charge in [0, 0.05) is 23.0 Å². The van der Waals surface area contributed by atoms with Crippen LogP contribution in [0.4, 0.5) is 0 Å². The van der Waals surface area contributed by atoms with E-state index in [0.717, 1.165) is 5.56 Å². The van der Waals surface area contributed by atoms with Crippen molar-refractivity contribution in [2.24, 2.45) is 5.92 Å². The van der Waals surface area contributed by atoms with Crippen molar-refractivity contribution < 1.29 is 14.7 Å². The lowest BCUT2D eigenvalue weighted by molar-refractivity contribution is -0.143. The third kappa shape index (κ3) is 5.49. The zero-order valence-electron chi connectivity index (χ0n) is 22.0. The molecule has 1 aliphatic heterocycles. The number of aromatic nitrogens is 1. The Hall–Kier alpha value is -4.23. The van der Waals surface area contributed by atoms with Crippen LogP contribution in [0.2, 0.25) is 0 Å². The molecule has 0 bridgehead atoms. The molecule has 0 saturated carbocycles. The highest BCUT2D eigenvalue weighted by Crippen LogP contribution is 2.27. The fraction of sp³-hybridized carbons (Fsp3) is 0.281. The van der Waals surface area contributed by atoms with Crippen molar-refractivity contribution in [3.05, 3.63) is 112 Å². The maximum atomic E-state index is 14.2. The van der Waals surface area contributed by atoms with Gasteiger partial charge in [0.2, 0.25) is 0 Å². The minimum Gasteiger partial charge on any atom is -0.481 e. The van der Waals surface area contributed by atoms with E-state index in [2.05, 4.69) is 10.2 Å². The molecule has 1 aliphatic rings. The maximum Gasteiger partial charge on any atom is 0.306 e. The molecule has 4 aromatic rings. The predicted octanol–water partition coefficient (Wildman–Crippen LogP) is 5.17. The van der Waals surface area contributed by atoms with Crippen molar-refractivity contribution in [2.75, 3.05) is 13.1 Å². The van der Waals surface area contributed by atoms with Crippen LogP contribution in [0, 0.1) is 5.92 Å². The molecule has 0 spiro atoms. The molecular weight excluding hydrogens is 490 g/mol. The number of rotatable bonds is 8. The van der Waals surface area contributed by atoms with Crippen LogP contribution < -0.4 is 10.9 Å². The zero-order valence-corrected chi connectivity index (χ0v) is 22.0. The number of amides is 1. The van der Waals surface area contributed by atoms with Gasteiger partial charge in [0.05, 0.1) is 23.2 Å². The molecule has 0 radical (unpaired) electrons. The normalized spacial score (nSPS) is 15.2. The van der Waals surface area contributed by atoms with Crippen LogP contribution in [0.15, 0.2) is 89.7 Å². The van der Waals surface area contributed by atoms with E-state index < -0.39 is 5.97 Å². The van der Waals surface area contributed by atoms with Crippen LogP contribution in [0.5, 0.6) is 0 Å². The van der Waals surface area contributed by atoms with E-state index in [1.54, 1.807) is 10.6 Å². The third-order valence-electron chi connectivity index (χ3n) is 7.66. The lowest BCUT2D eigenvalue weighted by Gasteiger charge is -2.32. The number of benzene rings is 3. The minimum atomic E-state index is -0.770. The number of hydrogen-bond donors (Lipinski definition) is 2. The summed E-state index contributed by atoms with van der Waals surface area (Å²) in [5.74, 6) is -1.37. The summed E-state index contributed by atoms with van der Waals surface area (Å²) in [5.41, 5.74) is 2.61. The SMILES string of the molecule is CCC(NC(=O)c1c(CN2CCC(C(=O)O)CC2)n(-c2ccccc2)c(=O)c2ccccc12)c1ccccc1. The van der Waals surface area contributed by atoms with Gasteiger partial charge < -0.3 is 10.4 Å². The van der Waals surface area contributed by atoms with E-state index in [-0.39, 0.29) is 23.4 Å². The van der Waals surface area contributed by atoms with Gasteiger partial charge in [0.25, 0.3) is 11.5 Å². The van der Waals surface area contributed by atoms with Gasteiger partial charge in [0.1, 0.15) is 0 Å². The number of likely N-dealkylation sites (tertiary alicyclic amines) is 1. The Morgan fingerprint density at radius 1 is 0.897 bits per heavy atom. The summed E-state index contributed by atoms with van der Waals surface area (Å²) in [6.07, 6.45) is 1.78. The van der Waals surface area contributed by atoms with Gasteiger partial charge in [0.15, 0.2) is 0 Å². The molecule has 1 aromatic heterocycles. The summed E-state index contributed by atoms with van der Waals surface area (Å²) in [5, 5.41) is 13.8. The molecule has 7 heteroatoms. The maximum absolute atomic E-state index is 14.2. The van der Waals surface area contributed by atoms with Gasteiger partial charge in [-0.15, -0.1) is 0 Å². The number of fused-ring (bicyclic) bond motifs is 1. The Bertz CT molecular complexity index is 1520. The smallest absolute Gasteiger partial charge is 0.306 e. The van der Waals surface area contributed by atoms with Gasteiger partial charge in [-0.25, -0.2) is 0 Å². The average Bonchev–Trinajstić information content (AvgIpc) is 2.97. The molecule has 1 amide bonds. The standard InChI is InChI=1S/C32H33N3O4/c1-2-27(22-11-5-3-6-12-22)33-30(36)29-25-15-9-10-16-26(25)31(37)35(24-13-7-4-8-14-24)28(29)21-34-19-17-23(18-20-34)32(38)39/h3-16,23,27H,2,17-21H2,1H3,(H,33,36)(H,38,39). The van der Waals surface area contributed by atoms with Crippen molar-refractivity contribution >= 4 is 22.6 Å². The number of pyridine rings is 1. The quantitative estimate of drug-likeness (QED) is 0.333. The monoisotopic (exact) mass is 523 g/mol. The molecule has 39 heavy (non-hydrogen) atoms. The highest BCUT2D eigenvalue weighted by atomic mass is 16.4. The molecule has 2 heterocycles. The first-order valence-electron chi connectivity index (χ1n) is 13.5. The second-order valence-electron chi connectivity index (χ2n) is 10.1. The van der Waals surface area contributed by atoms with Gasteiger partial charge in [-0.2, -0.15) is 0 Å². The molecule has 1 unspecified atom stereocenters. The van der Waals surface area contributed by atoms with Gasteiger partial charge in [-0.05, 0) is 56.1 Å². The molecule has 0 aliphatic carbocycles. The van der Waals surface area contributed by atoms with Crippen LogP contribution in [-0.4, -0.2) is 39.5 Å². The Morgan fingerprint density at radius 3 is 2.10 bits per heavy atom. The molecular formula is C32H33N3O4. The van der Waals surface area contributed by atoms with E-state index in [1.807, 2.05) is 85.8 Å². The first kappa shape index (κ1) is 26.4. The summed E-state index contributed by atoms with van der Waals surface area (Å²) in [4.78, 5) is 41.8. The molecule has 1 saturated heterocycles. The van der Waals surface area contributed by atoms with Gasteiger partial charge in [-0.1, -0.05) is 73.7 Å². The molecule has 5 rings (SSSR count). The molecule has 1 fully saturated rings. The summed E-state index contributed by atoms with van der Waals surface area (Å²) in [7, 11) is 0. The predicted molar refractivity (Wildman–Crippen MR) is 152 cm³/mol. The summed E-state index contributed by atoms with van der Waals surface area (Å²) in [6, 6.07) is 26.4. The van der Waals surface area contributed by atoms with E-state index in [1.165, 1.54) is 0 Å². The fourth-order valence-corrected chi connectivity index (χ4v) is 5.54. The van der Waals surface area contributed by atoms with Gasteiger partial charge in [-0.3, -0.25) is 23.9 Å². The van der Waals surface area contributed by atoms with Crippen LogP contribution >= 0.6 is 0 Å².